The largest absolute Gasteiger partial charge is 0.481 e. The number of fused-ring (bicyclic) bond motifs is 3. The molecule has 0 spiro atoms. The number of amides is 5. The van der Waals surface area contributed by atoms with Crippen LogP contribution in [0.15, 0.2) is 243 Å². The fourth-order valence-corrected chi connectivity index (χ4v) is 14.4. The Bertz CT molecular complexity index is 5980. The first-order valence-corrected chi connectivity index (χ1v) is 47.5. The van der Waals surface area contributed by atoms with E-state index in [9.17, 15) is 28.8 Å². The third-order valence-electron chi connectivity index (χ3n) is 21.8. The summed E-state index contributed by atoms with van der Waals surface area (Å²) in [7, 11) is 12.6. The van der Waals surface area contributed by atoms with E-state index in [1.807, 2.05) is 153 Å². The SMILES string of the molecule is CN(C)CCCc1ccc(N)cc1.CSC(=N)NC(=O)c1nc(Cl)c(N)nc1N.C[C@@H](Cc1ccc2cc(C#CCCNC(=O)OCc3ccccc3)ccc2c1)C(=O)Nc1ccc(CCCN(C)C)cc1.C[C@@H](Cc1ccc2cc(C#CCCNC(=O)OCc3ccccc3)ccc2c1)C(=O)O.C[C@@H](Cc1ccc2cc(CCCCN)ccc2c1)C(=O)Nc1ccc(CCCN(C)C)cc1.I.S. The highest BCUT2D eigenvalue weighted by molar-refractivity contribution is 14.0. The number of carboxylic acid groups (broad SMARTS) is 1. The van der Waals surface area contributed by atoms with Crippen molar-refractivity contribution in [3.8, 4) is 23.7 Å². The van der Waals surface area contributed by atoms with Crippen LogP contribution < -0.4 is 49.5 Å². The summed E-state index contributed by atoms with van der Waals surface area (Å²) in [5, 5.41) is 36.8. The quantitative estimate of drug-likeness (QED) is 0.00434. The van der Waals surface area contributed by atoms with Gasteiger partial charge in [0, 0.05) is 66.0 Å². The molecule has 12 rings (SSSR count). The first-order valence-electron chi connectivity index (χ1n) is 45.9. The highest BCUT2D eigenvalue weighted by Crippen LogP contribution is 2.27. The number of thioether (sulfide) groups is 1. The lowest BCUT2D eigenvalue weighted by molar-refractivity contribution is -0.141. The number of benzene rings is 11. The number of aromatic nitrogens is 2. The van der Waals surface area contributed by atoms with E-state index in [4.69, 9.17) is 54.5 Å². The zero-order chi connectivity index (χ0) is 98.1. The Kier molecular flexibility index (Phi) is 51.6. The number of rotatable bonds is 36. The van der Waals surface area contributed by atoms with Gasteiger partial charge in [-0.3, -0.25) is 24.6 Å². The number of alkyl carbamates (subject to hydrolysis) is 2. The fraction of sp³-hybridized carbons (Fsp3) is 0.318. The predicted octanol–water partition coefficient (Wildman–Crippen LogP) is 19.8. The summed E-state index contributed by atoms with van der Waals surface area (Å²) in [4.78, 5) is 85.7. The van der Waals surface area contributed by atoms with Gasteiger partial charge in [-0.1, -0.05) is 250 Å². The van der Waals surface area contributed by atoms with Crippen molar-refractivity contribution in [3.63, 3.8) is 0 Å². The lowest BCUT2D eigenvalue weighted by atomic mass is 9.96. The van der Waals surface area contributed by atoms with Crippen LogP contribution in [0.2, 0.25) is 5.15 Å². The van der Waals surface area contributed by atoms with E-state index in [0.717, 1.165) is 168 Å². The molecule has 1 heterocycles. The van der Waals surface area contributed by atoms with Crippen LogP contribution in [0.3, 0.4) is 0 Å². The molecule has 11 aromatic carbocycles. The second-order valence-corrected chi connectivity index (χ2v) is 35.4. The van der Waals surface area contributed by atoms with Gasteiger partial charge in [0.15, 0.2) is 27.7 Å². The number of ether oxygens (including phenoxy) is 2. The molecular formula is C110H135ClIN15O9S2. The summed E-state index contributed by atoms with van der Waals surface area (Å²) < 4.78 is 10.4. The van der Waals surface area contributed by atoms with Gasteiger partial charge in [0.2, 0.25) is 11.8 Å². The molecule has 5 amide bonds. The summed E-state index contributed by atoms with van der Waals surface area (Å²) in [5.41, 5.74) is 36.7. The molecule has 0 radical (unpaired) electrons. The second-order valence-electron chi connectivity index (χ2n) is 34.2. The Labute approximate surface area is 847 Å². The number of nitrogens with two attached hydrogens (primary N) is 4. The number of hydrogen-bond acceptors (Lipinski definition) is 19. The first-order chi connectivity index (χ1) is 65.4. The molecule has 3 atom stereocenters. The van der Waals surface area contributed by atoms with Crippen LogP contribution in [0.4, 0.5) is 38.3 Å². The fourth-order valence-electron chi connectivity index (χ4n) is 14.1. The number of nitrogens with zero attached hydrogens (tertiary/aromatic N) is 5. The summed E-state index contributed by atoms with van der Waals surface area (Å²) >= 11 is 6.67. The van der Waals surface area contributed by atoms with E-state index in [0.29, 0.717) is 38.8 Å². The monoisotopic (exact) mass is 2040 g/mol. The summed E-state index contributed by atoms with van der Waals surface area (Å²) in [5.74, 6) is 10.3. The molecule has 0 bridgehead atoms. The number of amidine groups is 1. The minimum absolute atomic E-state index is 0. The maximum Gasteiger partial charge on any atom is 0.407 e. The highest BCUT2D eigenvalue weighted by atomic mass is 127. The number of aryl methyl sites for hydroxylation is 4. The molecule has 1 aromatic heterocycles. The van der Waals surface area contributed by atoms with E-state index >= 15 is 0 Å². The Hall–Kier alpha value is -12.6. The average Bonchev–Trinajstić information content (AvgIpc) is 0.835. The third kappa shape index (κ3) is 43.4. The summed E-state index contributed by atoms with van der Waals surface area (Å²) in [6, 6.07) is 81.2. The van der Waals surface area contributed by atoms with Crippen LogP contribution in [-0.4, -0.2) is 159 Å². The number of aliphatic carboxylic acids is 1. The molecule has 0 aliphatic heterocycles. The molecule has 15 N–H and O–H groups in total. The number of nitrogen functional groups attached to an aromatic ring is 3. The Balaban J connectivity index is 0.000000278. The Morgan fingerprint density at radius 3 is 1.19 bits per heavy atom. The van der Waals surface area contributed by atoms with Crippen LogP contribution in [0, 0.1) is 46.8 Å². The van der Waals surface area contributed by atoms with Crippen molar-refractivity contribution in [2.75, 3.05) is 116 Å². The van der Waals surface area contributed by atoms with Crippen molar-refractivity contribution in [3.05, 3.63) is 315 Å². The molecule has 138 heavy (non-hydrogen) atoms. The molecule has 28 heteroatoms. The average molecular weight is 2040 g/mol. The number of anilines is 5. The van der Waals surface area contributed by atoms with Gasteiger partial charge >= 0.3 is 18.2 Å². The lowest BCUT2D eigenvalue weighted by Gasteiger charge is -2.14. The van der Waals surface area contributed by atoms with E-state index in [1.54, 1.807) is 13.2 Å². The van der Waals surface area contributed by atoms with Crippen molar-refractivity contribution < 1.29 is 43.3 Å². The highest BCUT2D eigenvalue weighted by Gasteiger charge is 2.20. The molecule has 0 saturated carbocycles. The van der Waals surface area contributed by atoms with Crippen molar-refractivity contribution >= 4 is 163 Å². The van der Waals surface area contributed by atoms with Crippen molar-refractivity contribution in [2.24, 2.45) is 23.5 Å². The number of carbonyl (C=O) groups is 6. The smallest absolute Gasteiger partial charge is 0.407 e. The molecule has 24 nitrogen and oxygen atoms in total. The molecular weight excluding hydrogens is 1900 g/mol. The number of carbonyl (C=O) groups excluding carboxylic acids is 5. The predicted molar refractivity (Wildman–Crippen MR) is 584 cm³/mol. The van der Waals surface area contributed by atoms with E-state index in [1.165, 1.54) is 45.0 Å². The Morgan fingerprint density at radius 2 is 0.804 bits per heavy atom. The van der Waals surface area contributed by atoms with Crippen LogP contribution in [0.25, 0.3) is 32.3 Å². The third-order valence-corrected chi connectivity index (χ3v) is 22.5. The molecule has 730 valence electrons. The number of nitrogens with one attached hydrogen (secondary N) is 6. The number of carboxylic acids is 1. The van der Waals surface area contributed by atoms with Gasteiger partial charge in [0.25, 0.3) is 5.91 Å². The standard InChI is InChI=1S/C37H41N3O3.C29H39N3O.C26H25NO4.C11H18N2.C7H9ClN6OS.HI.H2S/c1-28(36(41)39-35-20-16-29(17-21-35)13-9-23-40(2)3)24-32-15-19-33-25-30(14-18-34(33)26-32)10-7-8-22-38-37(42)43-27-31-11-5-4-6-12-31;1-22(29(33)31-28-15-11-23(12-16-28)8-6-18-32(2)3)19-25-10-14-26-20-24(7-4-5-17-30)9-13-27(26)21-25;1-19(25(28)29)15-22-11-13-23-16-20(10-12-24(23)17-22)7-5-6-14-27-26(30)31-18-21-8-3-2-4-9-21;1-13(2)9-3-4-10-5-7-11(12)8-6-10;1-16-7(11)14-6(15)2-4(9)13-5(10)3(8)12-2;;/h4-6,11-12,14-21,25-26,28H,8-9,13,22-24,27H2,1-3H3,(H,38,42)(H,39,41);9-16,20-22H,4-8,17-19,30H2,1-3H3,(H,31,33);2-4,8-13,16-17,19H,6,14-15,18H2,1H3,(H,27,30)(H,28,29);5-8H,3-4,9,12H2,1-2H3;1H3,(H4,9,10,13)(H2,11,14,15);1H;1H2/t28-;22-;19-;;;;/m000..../s1. The van der Waals surface area contributed by atoms with Crippen molar-refractivity contribution in [1.29, 1.82) is 5.41 Å². The maximum atomic E-state index is 12.9. The first kappa shape index (κ1) is 114. The number of halogens is 2. The zero-order valence-corrected chi connectivity index (χ0v) is 85.7. The molecule has 0 fully saturated rings. The van der Waals surface area contributed by atoms with Gasteiger partial charge in [0.05, 0.1) is 5.92 Å². The van der Waals surface area contributed by atoms with Crippen molar-refractivity contribution in [1.82, 2.24) is 40.6 Å². The van der Waals surface area contributed by atoms with Gasteiger partial charge in [-0.25, -0.2) is 19.6 Å². The normalized spacial score (nSPS) is 11.2. The van der Waals surface area contributed by atoms with Crippen LogP contribution in [0.5, 0.6) is 0 Å². The van der Waals surface area contributed by atoms with Crippen LogP contribution in [-0.2, 0) is 82.0 Å². The van der Waals surface area contributed by atoms with Crippen LogP contribution >= 0.6 is 60.8 Å². The van der Waals surface area contributed by atoms with E-state index < -0.39 is 30.0 Å². The molecule has 0 aliphatic carbocycles. The number of unbranched alkanes of at least 4 members (excludes halogenated alkanes) is 1. The van der Waals surface area contributed by atoms with Gasteiger partial charge in [-0.05, 0) is 295 Å². The maximum absolute atomic E-state index is 12.9. The molecule has 0 unspecified atom stereocenters. The molecule has 12 aromatic rings. The van der Waals surface area contributed by atoms with Crippen LogP contribution in [0.1, 0.15) is 137 Å². The summed E-state index contributed by atoms with van der Waals surface area (Å²) in [6.07, 6.45) is 13.6. The van der Waals surface area contributed by atoms with Crippen molar-refractivity contribution in [2.45, 2.75) is 124 Å². The topological polar surface area (TPSA) is 365 Å². The van der Waals surface area contributed by atoms with E-state index in [2.05, 4.69) is 220 Å². The second kappa shape index (κ2) is 62.3. The van der Waals surface area contributed by atoms with Gasteiger partial charge in [0.1, 0.15) is 13.2 Å². The molecule has 0 saturated heterocycles. The summed E-state index contributed by atoms with van der Waals surface area (Å²) in [6.45, 7) is 11.0. The molecule has 0 aliphatic rings. The number of hydrogen-bond donors (Lipinski definition) is 11. The van der Waals surface area contributed by atoms with Gasteiger partial charge in [-0.15, -0.1) is 24.0 Å². The Morgan fingerprint density at radius 1 is 0.449 bits per heavy atom. The lowest BCUT2D eigenvalue weighted by Crippen LogP contribution is -2.29. The van der Waals surface area contributed by atoms with Gasteiger partial charge in [-0.2, -0.15) is 13.5 Å². The van der Waals surface area contributed by atoms with E-state index in [-0.39, 0.29) is 102 Å². The van der Waals surface area contributed by atoms with Gasteiger partial charge < -0.3 is 78.8 Å². The zero-order valence-electron chi connectivity index (χ0n) is 80.8. The minimum atomic E-state index is -0.787. The minimum Gasteiger partial charge on any atom is -0.481 e.